The third-order valence-electron chi connectivity index (χ3n) is 2.42. The highest BCUT2D eigenvalue weighted by Gasteiger charge is 1.97. The van der Waals surface area contributed by atoms with E-state index in [1.807, 2.05) is 23.9 Å². The molecule has 15 heavy (non-hydrogen) atoms. The summed E-state index contributed by atoms with van der Waals surface area (Å²) < 4.78 is 0. The molecule has 0 fully saturated rings. The number of benzene rings is 1. The molecule has 1 rings (SSSR count). The quantitative estimate of drug-likeness (QED) is 0.423. The van der Waals surface area contributed by atoms with Crippen molar-refractivity contribution in [2.24, 2.45) is 0 Å². The van der Waals surface area contributed by atoms with E-state index in [4.69, 9.17) is 5.73 Å². The van der Waals surface area contributed by atoms with Crippen LogP contribution in [0.25, 0.3) is 0 Å². The SMILES string of the molecule is CCCCCCCSc1ccccc1N. The molecule has 0 saturated carbocycles. The number of hydrogen-bond acceptors (Lipinski definition) is 2. The second-order valence-corrected chi connectivity index (χ2v) is 4.94. The first-order valence-corrected chi connectivity index (χ1v) is 6.80. The van der Waals surface area contributed by atoms with Crippen LogP contribution >= 0.6 is 11.8 Å². The number of rotatable bonds is 7. The van der Waals surface area contributed by atoms with Gasteiger partial charge in [-0.2, -0.15) is 0 Å². The van der Waals surface area contributed by atoms with Crippen molar-refractivity contribution in [2.45, 2.75) is 43.9 Å². The summed E-state index contributed by atoms with van der Waals surface area (Å²) in [6, 6.07) is 8.11. The van der Waals surface area contributed by atoms with Crippen molar-refractivity contribution >= 4 is 17.4 Å². The molecule has 1 aromatic rings. The van der Waals surface area contributed by atoms with Crippen molar-refractivity contribution in [3.05, 3.63) is 24.3 Å². The Morgan fingerprint density at radius 2 is 1.80 bits per heavy atom. The number of anilines is 1. The highest BCUT2D eigenvalue weighted by Crippen LogP contribution is 2.25. The van der Waals surface area contributed by atoms with E-state index in [9.17, 15) is 0 Å². The van der Waals surface area contributed by atoms with E-state index in [0.717, 1.165) is 5.69 Å². The summed E-state index contributed by atoms with van der Waals surface area (Å²) in [4.78, 5) is 1.23. The monoisotopic (exact) mass is 223 g/mol. The van der Waals surface area contributed by atoms with Crippen LogP contribution in [-0.2, 0) is 0 Å². The molecule has 1 aromatic carbocycles. The molecule has 0 unspecified atom stereocenters. The Balaban J connectivity index is 2.12. The minimum atomic E-state index is 0.913. The van der Waals surface area contributed by atoms with Gasteiger partial charge in [0.05, 0.1) is 0 Å². The molecule has 0 bridgehead atoms. The predicted molar refractivity (Wildman–Crippen MR) is 70.3 cm³/mol. The first-order chi connectivity index (χ1) is 7.34. The molecule has 0 aliphatic rings. The lowest BCUT2D eigenvalue weighted by Gasteiger charge is -2.04. The summed E-state index contributed by atoms with van der Waals surface area (Å²) in [5.74, 6) is 1.19. The molecular formula is C13H21NS. The summed E-state index contributed by atoms with van der Waals surface area (Å²) >= 11 is 1.88. The fraction of sp³-hybridized carbons (Fsp3) is 0.538. The third kappa shape index (κ3) is 5.12. The minimum absolute atomic E-state index is 0.913. The summed E-state index contributed by atoms with van der Waals surface area (Å²) in [5.41, 5.74) is 6.78. The Labute approximate surface area is 97.4 Å². The average molecular weight is 223 g/mol. The van der Waals surface area contributed by atoms with Crippen LogP contribution in [-0.4, -0.2) is 5.75 Å². The number of nitrogen functional groups attached to an aromatic ring is 1. The highest BCUT2D eigenvalue weighted by molar-refractivity contribution is 7.99. The zero-order chi connectivity index (χ0) is 10.9. The van der Waals surface area contributed by atoms with Crippen molar-refractivity contribution in [3.8, 4) is 0 Å². The molecule has 84 valence electrons. The highest BCUT2D eigenvalue weighted by atomic mass is 32.2. The third-order valence-corrected chi connectivity index (χ3v) is 3.60. The number of thioether (sulfide) groups is 1. The maximum Gasteiger partial charge on any atom is 0.0452 e. The summed E-state index contributed by atoms with van der Waals surface area (Å²) in [6.07, 6.45) is 6.73. The normalized spacial score (nSPS) is 10.5. The van der Waals surface area contributed by atoms with E-state index in [-0.39, 0.29) is 0 Å². The number of hydrogen-bond donors (Lipinski definition) is 1. The molecule has 2 N–H and O–H groups in total. The van der Waals surface area contributed by atoms with Crippen LogP contribution in [0.4, 0.5) is 5.69 Å². The van der Waals surface area contributed by atoms with Crippen molar-refractivity contribution in [2.75, 3.05) is 11.5 Å². The first kappa shape index (κ1) is 12.4. The lowest BCUT2D eigenvalue weighted by atomic mass is 10.2. The fourth-order valence-corrected chi connectivity index (χ4v) is 2.48. The van der Waals surface area contributed by atoms with E-state index < -0.39 is 0 Å². The second-order valence-electron chi connectivity index (χ2n) is 3.80. The molecule has 0 heterocycles. The Morgan fingerprint density at radius 1 is 1.07 bits per heavy atom. The zero-order valence-corrected chi connectivity index (χ0v) is 10.4. The Bertz CT molecular complexity index is 273. The molecule has 0 atom stereocenters. The Morgan fingerprint density at radius 3 is 2.53 bits per heavy atom. The van der Waals surface area contributed by atoms with Gasteiger partial charge in [-0.1, -0.05) is 44.7 Å². The van der Waals surface area contributed by atoms with Crippen LogP contribution in [0.5, 0.6) is 0 Å². The Hall–Kier alpha value is -0.630. The van der Waals surface area contributed by atoms with Gasteiger partial charge in [0.15, 0.2) is 0 Å². The second kappa shape index (κ2) is 7.63. The van der Waals surface area contributed by atoms with Crippen LogP contribution < -0.4 is 5.73 Å². The maximum absolute atomic E-state index is 5.86. The molecule has 0 amide bonds. The van der Waals surface area contributed by atoms with E-state index in [1.54, 1.807) is 0 Å². The minimum Gasteiger partial charge on any atom is -0.398 e. The van der Waals surface area contributed by atoms with Gasteiger partial charge < -0.3 is 5.73 Å². The molecule has 2 heteroatoms. The van der Waals surface area contributed by atoms with Gasteiger partial charge >= 0.3 is 0 Å². The van der Waals surface area contributed by atoms with Crippen molar-refractivity contribution in [1.29, 1.82) is 0 Å². The number of para-hydroxylation sites is 1. The summed E-state index contributed by atoms with van der Waals surface area (Å²) in [7, 11) is 0. The van der Waals surface area contributed by atoms with Crippen LogP contribution in [0.15, 0.2) is 29.2 Å². The summed E-state index contributed by atoms with van der Waals surface area (Å²) in [6.45, 7) is 2.25. The molecule has 1 nitrogen and oxygen atoms in total. The Kier molecular flexibility index (Phi) is 6.33. The maximum atomic E-state index is 5.86. The van der Waals surface area contributed by atoms with Gasteiger partial charge in [-0.05, 0) is 24.3 Å². The lowest BCUT2D eigenvalue weighted by molar-refractivity contribution is 0.659. The van der Waals surface area contributed by atoms with Crippen LogP contribution in [0.1, 0.15) is 39.0 Å². The van der Waals surface area contributed by atoms with E-state index in [1.165, 1.54) is 42.8 Å². The van der Waals surface area contributed by atoms with Gasteiger partial charge in [0.2, 0.25) is 0 Å². The van der Waals surface area contributed by atoms with Crippen molar-refractivity contribution < 1.29 is 0 Å². The fourth-order valence-electron chi connectivity index (χ4n) is 1.50. The van der Waals surface area contributed by atoms with Gasteiger partial charge in [0.25, 0.3) is 0 Å². The standard InChI is InChI=1S/C13H21NS/c1-2-3-4-5-8-11-15-13-10-7-6-9-12(13)14/h6-7,9-10H,2-5,8,11,14H2,1H3. The van der Waals surface area contributed by atoms with Crippen LogP contribution in [0.3, 0.4) is 0 Å². The van der Waals surface area contributed by atoms with Gasteiger partial charge in [0.1, 0.15) is 0 Å². The molecular weight excluding hydrogens is 202 g/mol. The smallest absolute Gasteiger partial charge is 0.0452 e. The van der Waals surface area contributed by atoms with E-state index in [0.29, 0.717) is 0 Å². The largest absolute Gasteiger partial charge is 0.398 e. The number of nitrogens with two attached hydrogens (primary N) is 1. The van der Waals surface area contributed by atoms with Gasteiger partial charge in [0, 0.05) is 10.6 Å². The van der Waals surface area contributed by atoms with Gasteiger partial charge in [-0.15, -0.1) is 11.8 Å². The van der Waals surface area contributed by atoms with Crippen molar-refractivity contribution in [1.82, 2.24) is 0 Å². The van der Waals surface area contributed by atoms with E-state index >= 15 is 0 Å². The molecule has 0 aromatic heterocycles. The topological polar surface area (TPSA) is 26.0 Å². The van der Waals surface area contributed by atoms with Crippen LogP contribution in [0, 0.1) is 0 Å². The molecule has 0 aliphatic heterocycles. The number of unbranched alkanes of at least 4 members (excludes halogenated alkanes) is 4. The zero-order valence-electron chi connectivity index (χ0n) is 9.54. The molecule has 0 radical (unpaired) electrons. The predicted octanol–water partition coefficient (Wildman–Crippen LogP) is 4.33. The lowest BCUT2D eigenvalue weighted by Crippen LogP contribution is -1.88. The van der Waals surface area contributed by atoms with Crippen LogP contribution in [0.2, 0.25) is 0 Å². The van der Waals surface area contributed by atoms with Crippen molar-refractivity contribution in [3.63, 3.8) is 0 Å². The first-order valence-electron chi connectivity index (χ1n) is 5.82. The molecule has 0 saturated heterocycles. The van der Waals surface area contributed by atoms with Gasteiger partial charge in [-0.3, -0.25) is 0 Å². The molecule has 0 spiro atoms. The van der Waals surface area contributed by atoms with Gasteiger partial charge in [-0.25, -0.2) is 0 Å². The molecule has 0 aliphatic carbocycles. The summed E-state index contributed by atoms with van der Waals surface area (Å²) in [5, 5.41) is 0. The average Bonchev–Trinajstić information content (AvgIpc) is 2.25. The van der Waals surface area contributed by atoms with E-state index in [2.05, 4.69) is 19.1 Å².